The van der Waals surface area contributed by atoms with Gasteiger partial charge in [-0.1, -0.05) is 30.3 Å². The first kappa shape index (κ1) is 16.4. The molecular weight excluding hydrogens is 330 g/mol. The van der Waals surface area contributed by atoms with Crippen LogP contribution in [0.4, 0.5) is 5.69 Å². The molecule has 0 spiro atoms. The van der Waals surface area contributed by atoms with Crippen LogP contribution >= 0.6 is 0 Å². The number of carbonyl (C=O) groups excluding carboxylic acids is 2. The van der Waals surface area contributed by atoms with Gasteiger partial charge in [-0.3, -0.25) is 9.59 Å². The summed E-state index contributed by atoms with van der Waals surface area (Å²) in [5.41, 5.74) is 2.37. The molecule has 2 aromatic carbocycles. The molecule has 2 amide bonds. The van der Waals surface area contributed by atoms with Gasteiger partial charge in [-0.15, -0.1) is 0 Å². The molecule has 26 heavy (non-hydrogen) atoms. The van der Waals surface area contributed by atoms with Crippen LogP contribution in [0.15, 0.2) is 48.5 Å². The van der Waals surface area contributed by atoms with Crippen LogP contribution in [0, 0.1) is 0 Å². The van der Waals surface area contributed by atoms with Crippen molar-refractivity contribution in [2.45, 2.75) is 25.0 Å². The largest absolute Gasteiger partial charge is 0.483 e. The number of hydrogen-bond donors (Lipinski definition) is 2. The van der Waals surface area contributed by atoms with Crippen LogP contribution in [0.1, 0.15) is 34.9 Å². The fourth-order valence-electron chi connectivity index (χ4n) is 3.28. The van der Waals surface area contributed by atoms with Gasteiger partial charge in [0.25, 0.3) is 11.8 Å². The van der Waals surface area contributed by atoms with Crippen LogP contribution in [0.2, 0.25) is 0 Å². The van der Waals surface area contributed by atoms with Gasteiger partial charge in [0.15, 0.2) is 6.61 Å². The first-order valence-corrected chi connectivity index (χ1v) is 8.79. The van der Waals surface area contributed by atoms with E-state index >= 15 is 0 Å². The number of fused-ring (bicyclic) bond motifs is 1. The SMILES string of the molecule is CNC(=O)COc1ccccc1[C@@H]1Nc2ccccc2C(=O)N1C1CC1. The zero-order valence-electron chi connectivity index (χ0n) is 14.6. The van der Waals surface area contributed by atoms with Crippen LogP contribution < -0.4 is 15.4 Å². The summed E-state index contributed by atoms with van der Waals surface area (Å²) in [6.07, 6.45) is 1.70. The van der Waals surface area contributed by atoms with Crippen molar-refractivity contribution in [1.82, 2.24) is 10.2 Å². The molecule has 0 saturated heterocycles. The minimum atomic E-state index is -0.314. The first-order valence-electron chi connectivity index (χ1n) is 8.79. The van der Waals surface area contributed by atoms with E-state index in [0.717, 1.165) is 24.1 Å². The van der Waals surface area contributed by atoms with Crippen molar-refractivity contribution in [3.05, 3.63) is 59.7 Å². The van der Waals surface area contributed by atoms with Crippen molar-refractivity contribution < 1.29 is 14.3 Å². The predicted octanol–water partition coefficient (Wildman–Crippen LogP) is 2.54. The highest BCUT2D eigenvalue weighted by Gasteiger charge is 2.42. The third-order valence-corrected chi connectivity index (χ3v) is 4.75. The maximum atomic E-state index is 13.1. The molecule has 2 aromatic rings. The number of carbonyl (C=O) groups is 2. The summed E-state index contributed by atoms with van der Waals surface area (Å²) in [5, 5.41) is 6.03. The summed E-state index contributed by atoms with van der Waals surface area (Å²) in [6, 6.07) is 15.3. The fourth-order valence-corrected chi connectivity index (χ4v) is 3.28. The Bertz CT molecular complexity index is 848. The molecule has 2 aliphatic rings. The lowest BCUT2D eigenvalue weighted by molar-refractivity contribution is -0.122. The maximum absolute atomic E-state index is 13.1. The minimum Gasteiger partial charge on any atom is -0.483 e. The van der Waals surface area contributed by atoms with Gasteiger partial charge in [0.1, 0.15) is 11.9 Å². The van der Waals surface area contributed by atoms with E-state index in [0.29, 0.717) is 11.3 Å². The van der Waals surface area contributed by atoms with Gasteiger partial charge in [0, 0.05) is 24.3 Å². The molecule has 1 saturated carbocycles. The van der Waals surface area contributed by atoms with Gasteiger partial charge < -0.3 is 20.3 Å². The molecule has 0 aromatic heterocycles. The Morgan fingerprint density at radius 2 is 1.92 bits per heavy atom. The van der Waals surface area contributed by atoms with Crippen LogP contribution in [0.5, 0.6) is 5.75 Å². The number of amides is 2. The second-order valence-corrected chi connectivity index (χ2v) is 6.54. The van der Waals surface area contributed by atoms with E-state index in [1.54, 1.807) is 7.05 Å². The molecule has 0 radical (unpaired) electrons. The second kappa shape index (κ2) is 6.71. The first-order chi connectivity index (χ1) is 12.7. The monoisotopic (exact) mass is 351 g/mol. The summed E-state index contributed by atoms with van der Waals surface area (Å²) in [5.74, 6) is 0.441. The Morgan fingerprint density at radius 1 is 1.19 bits per heavy atom. The molecule has 2 N–H and O–H groups in total. The van der Waals surface area contributed by atoms with E-state index in [1.807, 2.05) is 53.4 Å². The summed E-state index contributed by atoms with van der Waals surface area (Å²) in [7, 11) is 1.57. The zero-order chi connectivity index (χ0) is 18.1. The molecule has 6 heteroatoms. The van der Waals surface area contributed by atoms with Gasteiger partial charge in [0.2, 0.25) is 0 Å². The third-order valence-electron chi connectivity index (χ3n) is 4.75. The van der Waals surface area contributed by atoms with Crippen molar-refractivity contribution >= 4 is 17.5 Å². The normalized spacial score (nSPS) is 18.7. The molecule has 0 bridgehead atoms. The number of likely N-dealkylation sites (N-methyl/N-ethyl adjacent to an activating group) is 1. The molecule has 0 unspecified atom stereocenters. The molecule has 6 nitrogen and oxygen atoms in total. The second-order valence-electron chi connectivity index (χ2n) is 6.54. The minimum absolute atomic E-state index is 0.0351. The summed E-state index contributed by atoms with van der Waals surface area (Å²) < 4.78 is 5.72. The molecule has 1 heterocycles. The Labute approximate surface area is 152 Å². The molecule has 1 aliphatic carbocycles. The lowest BCUT2D eigenvalue weighted by Crippen LogP contribution is -2.44. The van der Waals surface area contributed by atoms with Crippen molar-refractivity contribution in [2.75, 3.05) is 19.0 Å². The lowest BCUT2D eigenvalue weighted by Gasteiger charge is -2.38. The van der Waals surface area contributed by atoms with Crippen LogP contribution in [-0.4, -0.2) is 36.4 Å². The quantitative estimate of drug-likeness (QED) is 0.868. The van der Waals surface area contributed by atoms with Crippen molar-refractivity contribution in [1.29, 1.82) is 0 Å². The van der Waals surface area contributed by atoms with Crippen molar-refractivity contribution in [3.63, 3.8) is 0 Å². The van der Waals surface area contributed by atoms with Gasteiger partial charge in [-0.05, 0) is 31.0 Å². The number of hydrogen-bond acceptors (Lipinski definition) is 4. The van der Waals surface area contributed by atoms with Crippen molar-refractivity contribution in [2.24, 2.45) is 0 Å². The molecule has 4 rings (SSSR count). The van der Waals surface area contributed by atoms with Gasteiger partial charge in [-0.25, -0.2) is 0 Å². The Hall–Kier alpha value is -3.02. The number of rotatable bonds is 5. The van der Waals surface area contributed by atoms with Crippen LogP contribution in [0.3, 0.4) is 0 Å². The van der Waals surface area contributed by atoms with E-state index in [2.05, 4.69) is 10.6 Å². The lowest BCUT2D eigenvalue weighted by atomic mass is 10.0. The number of benzene rings is 2. The number of para-hydroxylation sites is 2. The van der Waals surface area contributed by atoms with Gasteiger partial charge in [-0.2, -0.15) is 0 Å². The summed E-state index contributed by atoms with van der Waals surface area (Å²) >= 11 is 0. The highest BCUT2D eigenvalue weighted by molar-refractivity contribution is 6.02. The highest BCUT2D eigenvalue weighted by atomic mass is 16.5. The Kier molecular flexibility index (Phi) is 4.24. The molecule has 1 aliphatic heterocycles. The van der Waals surface area contributed by atoms with Crippen molar-refractivity contribution in [3.8, 4) is 5.75 Å². The van der Waals surface area contributed by atoms with Crippen LogP contribution in [0.25, 0.3) is 0 Å². The zero-order valence-corrected chi connectivity index (χ0v) is 14.6. The van der Waals surface area contributed by atoms with E-state index in [9.17, 15) is 9.59 Å². The number of ether oxygens (including phenoxy) is 1. The number of nitrogens with one attached hydrogen (secondary N) is 2. The summed E-state index contributed by atoms with van der Waals surface area (Å²) in [4.78, 5) is 26.5. The van der Waals surface area contributed by atoms with Gasteiger partial charge >= 0.3 is 0 Å². The van der Waals surface area contributed by atoms with E-state index in [4.69, 9.17) is 4.74 Å². The maximum Gasteiger partial charge on any atom is 0.258 e. The predicted molar refractivity (Wildman–Crippen MR) is 98.0 cm³/mol. The van der Waals surface area contributed by atoms with Gasteiger partial charge in [0.05, 0.1) is 5.56 Å². The average Bonchev–Trinajstić information content (AvgIpc) is 3.51. The van der Waals surface area contributed by atoms with E-state index in [-0.39, 0.29) is 30.6 Å². The summed E-state index contributed by atoms with van der Waals surface area (Å²) in [6.45, 7) is -0.0613. The van der Waals surface area contributed by atoms with Crippen LogP contribution in [-0.2, 0) is 4.79 Å². The highest BCUT2D eigenvalue weighted by Crippen LogP contribution is 2.42. The number of anilines is 1. The molecule has 1 fully saturated rings. The molecule has 1 atom stereocenters. The van der Waals surface area contributed by atoms with E-state index in [1.165, 1.54) is 0 Å². The Morgan fingerprint density at radius 3 is 2.69 bits per heavy atom. The third kappa shape index (κ3) is 2.98. The molecule has 134 valence electrons. The standard InChI is InChI=1S/C20H21N3O3/c1-21-18(24)12-26-17-9-5-3-7-15(17)19-22-16-8-4-2-6-14(16)20(25)23(19)13-10-11-13/h2-9,13,19,22H,10-12H2,1H3,(H,21,24)/t19-/m1/s1. The van der Waals surface area contributed by atoms with E-state index < -0.39 is 0 Å². The number of nitrogens with zero attached hydrogens (tertiary/aromatic N) is 1. The topological polar surface area (TPSA) is 70.7 Å². The Balaban J connectivity index is 1.70. The smallest absolute Gasteiger partial charge is 0.258 e. The molecular formula is C20H21N3O3. The average molecular weight is 351 g/mol. The fraction of sp³-hybridized carbons (Fsp3) is 0.300.